The van der Waals surface area contributed by atoms with Crippen molar-refractivity contribution in [1.29, 1.82) is 0 Å². The topological polar surface area (TPSA) is 73.3 Å². The molecule has 0 amide bonds. The molecule has 2 rings (SSSR count). The summed E-state index contributed by atoms with van der Waals surface area (Å²) < 4.78 is 22.1. The third-order valence-corrected chi connectivity index (χ3v) is 4.57. The predicted octanol–water partition coefficient (Wildman–Crippen LogP) is 3.36. The molecule has 1 saturated heterocycles. The van der Waals surface area contributed by atoms with E-state index in [9.17, 15) is 0 Å². The van der Waals surface area contributed by atoms with Crippen LogP contribution in [-0.2, 0) is 20.8 Å². The highest BCUT2D eigenvalue weighted by molar-refractivity contribution is 14.0. The molecule has 172 valence electrons. The van der Waals surface area contributed by atoms with Gasteiger partial charge in [0.05, 0.1) is 26.4 Å². The molecule has 1 aliphatic rings. The van der Waals surface area contributed by atoms with Gasteiger partial charge in [0.1, 0.15) is 5.75 Å². The van der Waals surface area contributed by atoms with Crippen LogP contribution in [0, 0.1) is 0 Å². The first-order chi connectivity index (χ1) is 14.3. The molecular weight excluding hydrogens is 497 g/mol. The van der Waals surface area contributed by atoms with Gasteiger partial charge in [0.2, 0.25) is 0 Å². The average molecular weight is 535 g/mol. The average Bonchev–Trinajstić information content (AvgIpc) is 3.27. The summed E-state index contributed by atoms with van der Waals surface area (Å²) in [6.07, 6.45) is 4.41. The van der Waals surface area contributed by atoms with Crippen LogP contribution >= 0.6 is 24.0 Å². The molecule has 0 aromatic heterocycles. The fourth-order valence-corrected chi connectivity index (χ4v) is 2.98. The largest absolute Gasteiger partial charge is 0.497 e. The molecule has 1 heterocycles. The van der Waals surface area contributed by atoms with Gasteiger partial charge in [-0.05, 0) is 50.3 Å². The molecule has 0 radical (unpaired) electrons. The highest BCUT2D eigenvalue weighted by atomic mass is 127. The maximum Gasteiger partial charge on any atom is 0.191 e. The summed E-state index contributed by atoms with van der Waals surface area (Å²) in [4.78, 5) is 4.60. The minimum absolute atomic E-state index is 0. The Morgan fingerprint density at radius 3 is 2.63 bits per heavy atom. The van der Waals surface area contributed by atoms with Crippen LogP contribution in [0.1, 0.15) is 38.2 Å². The molecule has 0 saturated carbocycles. The second-order valence-electron chi connectivity index (χ2n) is 7.01. The van der Waals surface area contributed by atoms with Crippen LogP contribution in [0.25, 0.3) is 0 Å². The number of nitrogens with zero attached hydrogens (tertiary/aromatic N) is 1. The van der Waals surface area contributed by atoms with E-state index in [4.69, 9.17) is 18.9 Å². The third kappa shape index (κ3) is 11.9. The lowest BCUT2D eigenvalue weighted by molar-refractivity contribution is 0.0168. The molecule has 1 unspecified atom stereocenters. The van der Waals surface area contributed by atoms with E-state index in [0.717, 1.165) is 75.8 Å². The molecule has 1 aliphatic heterocycles. The molecular formula is C22H38IN3O4. The Balaban J connectivity index is 0.00000450. The first-order valence-electron chi connectivity index (χ1n) is 10.7. The quantitative estimate of drug-likeness (QED) is 0.165. The maximum atomic E-state index is 5.72. The zero-order valence-corrected chi connectivity index (χ0v) is 20.7. The number of halogens is 1. The zero-order chi connectivity index (χ0) is 20.6. The first kappa shape index (κ1) is 26.9. The number of hydrogen-bond donors (Lipinski definition) is 2. The molecule has 0 spiro atoms. The minimum atomic E-state index is 0. The fraction of sp³-hybridized carbons (Fsp3) is 0.682. The van der Waals surface area contributed by atoms with E-state index >= 15 is 0 Å². The molecule has 1 aromatic carbocycles. The van der Waals surface area contributed by atoms with Crippen molar-refractivity contribution < 1.29 is 18.9 Å². The lowest BCUT2D eigenvalue weighted by Gasteiger charge is -2.12. The van der Waals surface area contributed by atoms with Crippen LogP contribution in [0.2, 0.25) is 0 Å². The Hall–Kier alpha value is -1.10. The van der Waals surface area contributed by atoms with Gasteiger partial charge in [0.15, 0.2) is 5.96 Å². The van der Waals surface area contributed by atoms with Crippen molar-refractivity contribution in [2.45, 2.75) is 45.3 Å². The third-order valence-electron chi connectivity index (χ3n) is 4.57. The molecule has 0 aliphatic carbocycles. The SMILES string of the molecule is CCNC(=NCCCOCc1ccc(OC)cc1)NCCCOCC1CCCO1.I. The van der Waals surface area contributed by atoms with E-state index < -0.39 is 0 Å². The molecule has 1 aromatic rings. The van der Waals surface area contributed by atoms with Crippen molar-refractivity contribution in [2.24, 2.45) is 4.99 Å². The number of methoxy groups -OCH3 is 1. The van der Waals surface area contributed by atoms with E-state index in [1.54, 1.807) is 7.11 Å². The minimum Gasteiger partial charge on any atom is -0.497 e. The summed E-state index contributed by atoms with van der Waals surface area (Å²) >= 11 is 0. The number of guanidine groups is 1. The molecule has 1 atom stereocenters. The summed E-state index contributed by atoms with van der Waals surface area (Å²) in [5.41, 5.74) is 1.14. The molecule has 2 N–H and O–H groups in total. The number of ether oxygens (including phenoxy) is 4. The van der Waals surface area contributed by atoms with E-state index in [1.165, 1.54) is 0 Å². The van der Waals surface area contributed by atoms with Gasteiger partial charge >= 0.3 is 0 Å². The van der Waals surface area contributed by atoms with Gasteiger partial charge in [-0.15, -0.1) is 24.0 Å². The normalized spacial score (nSPS) is 16.2. The molecule has 30 heavy (non-hydrogen) atoms. The van der Waals surface area contributed by atoms with Crippen LogP contribution in [0.15, 0.2) is 29.3 Å². The molecule has 7 nitrogen and oxygen atoms in total. The van der Waals surface area contributed by atoms with Crippen LogP contribution in [0.5, 0.6) is 5.75 Å². The Bertz CT molecular complexity index is 566. The zero-order valence-electron chi connectivity index (χ0n) is 18.4. The Kier molecular flexibility index (Phi) is 15.8. The number of hydrogen-bond acceptors (Lipinski definition) is 5. The van der Waals surface area contributed by atoms with Gasteiger partial charge in [-0.3, -0.25) is 4.99 Å². The van der Waals surface area contributed by atoms with Gasteiger partial charge in [0, 0.05) is 39.5 Å². The van der Waals surface area contributed by atoms with Gasteiger partial charge in [-0.2, -0.15) is 0 Å². The summed E-state index contributed by atoms with van der Waals surface area (Å²) in [6.45, 7) is 8.11. The second-order valence-corrected chi connectivity index (χ2v) is 7.01. The van der Waals surface area contributed by atoms with E-state index in [2.05, 4.69) is 22.5 Å². The van der Waals surface area contributed by atoms with Crippen molar-refractivity contribution in [3.63, 3.8) is 0 Å². The Morgan fingerprint density at radius 2 is 1.93 bits per heavy atom. The monoisotopic (exact) mass is 535 g/mol. The lowest BCUT2D eigenvalue weighted by Crippen LogP contribution is -2.38. The number of nitrogens with one attached hydrogen (secondary N) is 2. The van der Waals surface area contributed by atoms with Crippen LogP contribution in [-0.4, -0.2) is 65.2 Å². The first-order valence-corrected chi connectivity index (χ1v) is 10.7. The summed E-state index contributed by atoms with van der Waals surface area (Å²) in [5, 5.41) is 6.62. The van der Waals surface area contributed by atoms with Gasteiger partial charge in [0.25, 0.3) is 0 Å². The number of rotatable bonds is 14. The second kappa shape index (κ2) is 17.6. The highest BCUT2D eigenvalue weighted by Gasteiger charge is 2.14. The number of aliphatic imine (C=N–C) groups is 1. The number of benzene rings is 1. The molecule has 0 bridgehead atoms. The highest BCUT2D eigenvalue weighted by Crippen LogP contribution is 2.12. The van der Waals surface area contributed by atoms with Crippen LogP contribution < -0.4 is 15.4 Å². The predicted molar refractivity (Wildman–Crippen MR) is 131 cm³/mol. The fourth-order valence-electron chi connectivity index (χ4n) is 2.98. The van der Waals surface area contributed by atoms with Crippen LogP contribution in [0.3, 0.4) is 0 Å². The molecule has 1 fully saturated rings. The van der Waals surface area contributed by atoms with Gasteiger partial charge in [-0.1, -0.05) is 12.1 Å². The van der Waals surface area contributed by atoms with Gasteiger partial charge in [-0.25, -0.2) is 0 Å². The molecule has 8 heteroatoms. The van der Waals surface area contributed by atoms with E-state index in [0.29, 0.717) is 25.9 Å². The summed E-state index contributed by atoms with van der Waals surface area (Å²) in [5.74, 6) is 1.71. The van der Waals surface area contributed by atoms with Crippen molar-refractivity contribution in [1.82, 2.24) is 10.6 Å². The van der Waals surface area contributed by atoms with Crippen LogP contribution in [0.4, 0.5) is 0 Å². The maximum absolute atomic E-state index is 5.72. The lowest BCUT2D eigenvalue weighted by atomic mass is 10.2. The Labute approximate surface area is 198 Å². The van der Waals surface area contributed by atoms with Crippen molar-refractivity contribution in [3.8, 4) is 5.75 Å². The summed E-state index contributed by atoms with van der Waals surface area (Å²) in [6, 6.07) is 7.94. The van der Waals surface area contributed by atoms with E-state index in [1.807, 2.05) is 24.3 Å². The standard InChI is InChI=1S/C22H37N3O4.HI/c1-3-23-22(25-13-6-15-28-18-21-7-4-16-29-21)24-12-5-14-27-17-19-8-10-20(26-2)11-9-19;/h8-11,21H,3-7,12-18H2,1-2H3,(H2,23,24,25);1H. The smallest absolute Gasteiger partial charge is 0.191 e. The summed E-state index contributed by atoms with van der Waals surface area (Å²) in [7, 11) is 1.67. The van der Waals surface area contributed by atoms with Crippen molar-refractivity contribution >= 4 is 29.9 Å². The van der Waals surface area contributed by atoms with E-state index in [-0.39, 0.29) is 24.0 Å². The van der Waals surface area contributed by atoms with Gasteiger partial charge < -0.3 is 29.6 Å². The Morgan fingerprint density at radius 1 is 1.13 bits per heavy atom. The van der Waals surface area contributed by atoms with Crippen molar-refractivity contribution in [3.05, 3.63) is 29.8 Å². The van der Waals surface area contributed by atoms with Crippen molar-refractivity contribution in [2.75, 3.05) is 53.2 Å².